The minimum absolute atomic E-state index is 0.0969. The van der Waals surface area contributed by atoms with Crippen LogP contribution >= 0.6 is 0 Å². The molecule has 1 fully saturated rings. The van der Waals surface area contributed by atoms with E-state index in [2.05, 4.69) is 10.2 Å². The predicted octanol–water partition coefficient (Wildman–Crippen LogP) is 2.50. The first-order valence-electron chi connectivity index (χ1n) is 10.7. The van der Waals surface area contributed by atoms with Gasteiger partial charge in [0, 0.05) is 12.6 Å². The van der Waals surface area contributed by atoms with Gasteiger partial charge in [0.15, 0.2) is 0 Å². The van der Waals surface area contributed by atoms with E-state index in [9.17, 15) is 13.2 Å². The van der Waals surface area contributed by atoms with Crippen molar-refractivity contribution in [3.05, 3.63) is 48.5 Å². The SMILES string of the molecule is COc1ccc(N(CC(=O)NCCCN2CCCC2)S(=O)(=O)c2ccccc2)c(OC)c1. The van der Waals surface area contributed by atoms with Gasteiger partial charge in [0.1, 0.15) is 18.0 Å². The Morgan fingerprint density at radius 2 is 1.78 bits per heavy atom. The summed E-state index contributed by atoms with van der Waals surface area (Å²) in [6, 6.07) is 12.9. The van der Waals surface area contributed by atoms with Crippen LogP contribution in [0.3, 0.4) is 0 Å². The van der Waals surface area contributed by atoms with E-state index in [1.165, 1.54) is 39.2 Å². The molecule has 0 aromatic heterocycles. The van der Waals surface area contributed by atoms with Gasteiger partial charge in [0.2, 0.25) is 5.91 Å². The number of hydrogen-bond donors (Lipinski definition) is 1. The number of anilines is 1. The highest BCUT2D eigenvalue weighted by Gasteiger charge is 2.29. The first kappa shape index (κ1) is 23.9. The number of nitrogens with one attached hydrogen (secondary N) is 1. The van der Waals surface area contributed by atoms with Crippen molar-refractivity contribution < 1.29 is 22.7 Å². The Kier molecular flexibility index (Phi) is 8.35. The number of sulfonamides is 1. The molecule has 0 atom stereocenters. The predicted molar refractivity (Wildman–Crippen MR) is 124 cm³/mol. The van der Waals surface area contributed by atoms with Crippen LogP contribution in [0.2, 0.25) is 0 Å². The van der Waals surface area contributed by atoms with E-state index in [1.54, 1.807) is 36.4 Å². The highest BCUT2D eigenvalue weighted by Crippen LogP contribution is 2.35. The lowest BCUT2D eigenvalue weighted by molar-refractivity contribution is -0.119. The third-order valence-electron chi connectivity index (χ3n) is 5.45. The Balaban J connectivity index is 1.79. The number of hydrogen-bond acceptors (Lipinski definition) is 6. The zero-order chi connectivity index (χ0) is 23.0. The van der Waals surface area contributed by atoms with Crippen LogP contribution < -0.4 is 19.1 Å². The van der Waals surface area contributed by atoms with E-state index in [4.69, 9.17) is 9.47 Å². The van der Waals surface area contributed by atoms with Crippen LogP contribution in [0.15, 0.2) is 53.4 Å². The topological polar surface area (TPSA) is 88.2 Å². The molecule has 0 spiro atoms. The minimum atomic E-state index is -4.00. The summed E-state index contributed by atoms with van der Waals surface area (Å²) in [7, 11) is -1.04. The molecular formula is C23H31N3O5S. The lowest BCUT2D eigenvalue weighted by Gasteiger charge is -2.26. The highest BCUT2D eigenvalue weighted by atomic mass is 32.2. The monoisotopic (exact) mass is 461 g/mol. The molecule has 1 amide bonds. The number of likely N-dealkylation sites (tertiary alicyclic amines) is 1. The summed E-state index contributed by atoms with van der Waals surface area (Å²) in [6.45, 7) is 3.28. The van der Waals surface area contributed by atoms with Crippen LogP contribution in [0.4, 0.5) is 5.69 Å². The normalized spacial score (nSPS) is 14.2. The molecule has 1 aliphatic heterocycles. The first-order valence-corrected chi connectivity index (χ1v) is 12.2. The zero-order valence-corrected chi connectivity index (χ0v) is 19.4. The van der Waals surface area contributed by atoms with Crippen molar-refractivity contribution in [2.45, 2.75) is 24.2 Å². The number of nitrogens with zero attached hydrogens (tertiary/aromatic N) is 2. The van der Waals surface area contributed by atoms with Crippen LogP contribution in [-0.4, -0.2) is 66.2 Å². The molecule has 9 heteroatoms. The largest absolute Gasteiger partial charge is 0.497 e. The van der Waals surface area contributed by atoms with E-state index in [0.29, 0.717) is 18.0 Å². The molecule has 1 saturated heterocycles. The summed E-state index contributed by atoms with van der Waals surface area (Å²) >= 11 is 0. The average Bonchev–Trinajstić information content (AvgIpc) is 3.34. The number of carbonyl (C=O) groups excluding carboxylic acids is 1. The summed E-state index contributed by atoms with van der Waals surface area (Å²) in [5, 5.41) is 2.85. The standard InChI is InChI=1S/C23H31N3O5S/c1-30-19-11-12-21(22(17-19)31-2)26(32(28,29)20-9-4-3-5-10-20)18-23(27)24-13-8-16-25-14-6-7-15-25/h3-5,9-12,17H,6-8,13-16,18H2,1-2H3,(H,24,27). The second-order valence-corrected chi connectivity index (χ2v) is 9.48. The second kappa shape index (κ2) is 11.2. The van der Waals surface area contributed by atoms with Gasteiger partial charge in [-0.1, -0.05) is 18.2 Å². The van der Waals surface area contributed by atoms with Crippen molar-refractivity contribution in [3.8, 4) is 11.5 Å². The molecule has 0 radical (unpaired) electrons. The maximum absolute atomic E-state index is 13.4. The molecular weight excluding hydrogens is 430 g/mol. The van der Waals surface area contributed by atoms with E-state index >= 15 is 0 Å². The smallest absolute Gasteiger partial charge is 0.264 e. The van der Waals surface area contributed by atoms with Gasteiger partial charge in [-0.05, 0) is 63.2 Å². The highest BCUT2D eigenvalue weighted by molar-refractivity contribution is 7.92. The summed E-state index contributed by atoms with van der Waals surface area (Å²) in [4.78, 5) is 15.2. The number of carbonyl (C=O) groups is 1. The summed E-state index contributed by atoms with van der Waals surface area (Å²) in [5.74, 6) is 0.448. The van der Waals surface area contributed by atoms with Crippen LogP contribution in [0.25, 0.3) is 0 Å². The van der Waals surface area contributed by atoms with Crippen molar-refractivity contribution in [1.82, 2.24) is 10.2 Å². The quantitative estimate of drug-likeness (QED) is 0.518. The first-order chi connectivity index (χ1) is 15.5. The van der Waals surface area contributed by atoms with Crippen LogP contribution in [-0.2, 0) is 14.8 Å². The van der Waals surface area contributed by atoms with Gasteiger partial charge in [-0.15, -0.1) is 0 Å². The maximum atomic E-state index is 13.4. The molecule has 2 aromatic carbocycles. The zero-order valence-electron chi connectivity index (χ0n) is 18.6. The molecule has 32 heavy (non-hydrogen) atoms. The Morgan fingerprint density at radius 1 is 1.06 bits per heavy atom. The van der Waals surface area contributed by atoms with E-state index < -0.39 is 10.0 Å². The molecule has 3 rings (SSSR count). The van der Waals surface area contributed by atoms with Gasteiger partial charge in [-0.25, -0.2) is 8.42 Å². The van der Waals surface area contributed by atoms with Crippen LogP contribution in [0, 0.1) is 0 Å². The third-order valence-corrected chi connectivity index (χ3v) is 7.22. The summed E-state index contributed by atoms with van der Waals surface area (Å²) < 4.78 is 38.6. The van der Waals surface area contributed by atoms with Gasteiger partial charge in [0.05, 0.1) is 24.8 Å². The van der Waals surface area contributed by atoms with E-state index in [-0.39, 0.29) is 23.0 Å². The van der Waals surface area contributed by atoms with Crippen LogP contribution in [0.5, 0.6) is 11.5 Å². The lowest BCUT2D eigenvalue weighted by atomic mass is 10.2. The molecule has 0 aliphatic carbocycles. The fraction of sp³-hybridized carbons (Fsp3) is 0.435. The Hall–Kier alpha value is -2.78. The molecule has 8 nitrogen and oxygen atoms in total. The second-order valence-electron chi connectivity index (χ2n) is 7.61. The number of ether oxygens (including phenoxy) is 2. The molecule has 0 unspecified atom stereocenters. The molecule has 0 bridgehead atoms. The third kappa shape index (κ3) is 5.92. The van der Waals surface area contributed by atoms with Crippen molar-refractivity contribution in [3.63, 3.8) is 0 Å². The summed E-state index contributed by atoms with van der Waals surface area (Å²) in [6.07, 6.45) is 3.27. The van der Waals surface area contributed by atoms with Crippen molar-refractivity contribution in [1.29, 1.82) is 0 Å². The lowest BCUT2D eigenvalue weighted by Crippen LogP contribution is -2.41. The van der Waals surface area contributed by atoms with Crippen molar-refractivity contribution in [2.24, 2.45) is 0 Å². The van der Waals surface area contributed by atoms with Crippen molar-refractivity contribution >= 4 is 21.6 Å². The fourth-order valence-corrected chi connectivity index (χ4v) is 5.19. The Labute approximate surface area is 190 Å². The van der Waals surface area contributed by atoms with Gasteiger partial charge >= 0.3 is 0 Å². The number of amides is 1. The van der Waals surface area contributed by atoms with Gasteiger partial charge in [-0.2, -0.15) is 0 Å². The van der Waals surface area contributed by atoms with E-state index in [0.717, 1.165) is 30.4 Å². The number of methoxy groups -OCH3 is 2. The summed E-state index contributed by atoms with van der Waals surface area (Å²) in [5.41, 5.74) is 0.268. The van der Waals surface area contributed by atoms with Crippen molar-refractivity contribution in [2.75, 3.05) is 51.2 Å². The molecule has 1 aliphatic rings. The molecule has 1 heterocycles. The Bertz CT molecular complexity index is 992. The average molecular weight is 462 g/mol. The molecule has 1 N–H and O–H groups in total. The Morgan fingerprint density at radius 3 is 2.44 bits per heavy atom. The minimum Gasteiger partial charge on any atom is -0.497 e. The van der Waals surface area contributed by atoms with E-state index in [1.807, 2.05) is 0 Å². The van der Waals surface area contributed by atoms with Gasteiger partial charge < -0.3 is 19.7 Å². The van der Waals surface area contributed by atoms with Gasteiger partial charge in [0.25, 0.3) is 10.0 Å². The molecule has 2 aromatic rings. The fourth-order valence-electron chi connectivity index (χ4n) is 3.73. The number of rotatable bonds is 11. The van der Waals surface area contributed by atoms with Crippen LogP contribution in [0.1, 0.15) is 19.3 Å². The molecule has 174 valence electrons. The van der Waals surface area contributed by atoms with Gasteiger partial charge in [-0.3, -0.25) is 9.10 Å². The number of benzene rings is 2. The maximum Gasteiger partial charge on any atom is 0.264 e. The molecule has 0 saturated carbocycles.